The Kier molecular flexibility index (Phi) is 3.37. The molecule has 5 nitrogen and oxygen atoms in total. The maximum Gasteiger partial charge on any atom is 0.323 e. The van der Waals surface area contributed by atoms with Gasteiger partial charge in [-0.1, -0.05) is 0 Å². The van der Waals surface area contributed by atoms with Gasteiger partial charge in [-0.05, 0) is 37.1 Å². The molecule has 0 radical (unpaired) electrons. The van der Waals surface area contributed by atoms with Crippen LogP contribution in [-0.4, -0.2) is 22.5 Å². The Morgan fingerprint density at radius 2 is 2.35 bits per heavy atom. The molecular formula is C14H14FN3O2. The van der Waals surface area contributed by atoms with E-state index in [1.165, 1.54) is 12.1 Å². The van der Waals surface area contributed by atoms with E-state index in [-0.39, 0.29) is 12.1 Å². The quantitative estimate of drug-likeness (QED) is 0.915. The van der Waals surface area contributed by atoms with Gasteiger partial charge in [0.1, 0.15) is 17.4 Å². The van der Waals surface area contributed by atoms with Gasteiger partial charge in [0.15, 0.2) is 0 Å². The number of rotatable bonds is 2. The Labute approximate surface area is 115 Å². The summed E-state index contributed by atoms with van der Waals surface area (Å²) in [6.45, 7) is 0.665. The molecule has 3 rings (SSSR count). The third-order valence-corrected chi connectivity index (χ3v) is 3.35. The monoisotopic (exact) mass is 275 g/mol. The van der Waals surface area contributed by atoms with E-state index in [4.69, 9.17) is 4.42 Å². The molecule has 2 aromatic rings. The molecule has 0 saturated carbocycles. The van der Waals surface area contributed by atoms with Crippen LogP contribution in [0.5, 0.6) is 0 Å². The van der Waals surface area contributed by atoms with E-state index >= 15 is 0 Å². The average Bonchev–Trinajstić information content (AvgIpc) is 3.11. The van der Waals surface area contributed by atoms with Crippen molar-refractivity contribution in [2.45, 2.75) is 18.9 Å². The van der Waals surface area contributed by atoms with Gasteiger partial charge in [-0.15, -0.1) is 0 Å². The number of carbonyl (C=O) groups is 1. The number of aromatic nitrogens is 1. The molecule has 104 valence electrons. The first-order valence-corrected chi connectivity index (χ1v) is 6.46. The first kappa shape index (κ1) is 12.7. The number of carbonyl (C=O) groups excluding carboxylic acids is 1. The molecule has 1 saturated heterocycles. The molecule has 2 amide bonds. The second kappa shape index (κ2) is 5.32. The van der Waals surface area contributed by atoms with Crippen LogP contribution in [0, 0.1) is 5.82 Å². The lowest BCUT2D eigenvalue weighted by Crippen LogP contribution is -2.34. The van der Waals surface area contributed by atoms with Crippen LogP contribution >= 0.6 is 0 Å². The zero-order valence-corrected chi connectivity index (χ0v) is 10.8. The molecule has 0 aromatic carbocycles. The highest BCUT2D eigenvalue weighted by molar-refractivity contribution is 5.88. The van der Waals surface area contributed by atoms with Gasteiger partial charge in [0.05, 0.1) is 18.5 Å². The second-order valence-corrected chi connectivity index (χ2v) is 4.66. The van der Waals surface area contributed by atoms with Gasteiger partial charge in [0, 0.05) is 6.54 Å². The summed E-state index contributed by atoms with van der Waals surface area (Å²) in [5.41, 5.74) is 0. The predicted molar refractivity (Wildman–Crippen MR) is 70.6 cm³/mol. The molecular weight excluding hydrogens is 261 g/mol. The molecule has 0 spiro atoms. The van der Waals surface area contributed by atoms with Crippen LogP contribution in [-0.2, 0) is 0 Å². The Morgan fingerprint density at radius 3 is 3.05 bits per heavy atom. The minimum atomic E-state index is -0.433. The number of likely N-dealkylation sites (tertiary alicyclic amines) is 1. The molecule has 2 aromatic heterocycles. The first-order chi connectivity index (χ1) is 9.74. The number of pyridine rings is 1. The SMILES string of the molecule is O=C(Nc1ccc(F)cn1)N1CCC[C@H]1c1ccco1. The summed E-state index contributed by atoms with van der Waals surface area (Å²) in [4.78, 5) is 17.8. The Hall–Kier alpha value is -2.37. The minimum absolute atomic E-state index is 0.0505. The molecule has 0 bridgehead atoms. The van der Waals surface area contributed by atoms with Crippen LogP contribution in [0.3, 0.4) is 0 Å². The lowest BCUT2D eigenvalue weighted by Gasteiger charge is -2.23. The van der Waals surface area contributed by atoms with E-state index in [1.54, 1.807) is 11.2 Å². The van der Waals surface area contributed by atoms with E-state index < -0.39 is 5.82 Å². The summed E-state index contributed by atoms with van der Waals surface area (Å²) in [5, 5.41) is 2.67. The number of anilines is 1. The van der Waals surface area contributed by atoms with Gasteiger partial charge in [-0.2, -0.15) is 0 Å². The molecule has 0 aliphatic carbocycles. The number of hydrogen-bond acceptors (Lipinski definition) is 3. The molecule has 1 atom stereocenters. The van der Waals surface area contributed by atoms with E-state index in [0.717, 1.165) is 24.8 Å². The normalized spacial score (nSPS) is 18.2. The summed E-state index contributed by atoms with van der Waals surface area (Å²) in [6.07, 6.45) is 4.47. The number of urea groups is 1. The van der Waals surface area contributed by atoms with E-state index in [0.29, 0.717) is 12.4 Å². The third kappa shape index (κ3) is 2.49. The lowest BCUT2D eigenvalue weighted by atomic mass is 10.2. The largest absolute Gasteiger partial charge is 0.467 e. The van der Waals surface area contributed by atoms with Crippen molar-refractivity contribution in [3.63, 3.8) is 0 Å². The van der Waals surface area contributed by atoms with E-state index in [1.807, 2.05) is 12.1 Å². The Balaban J connectivity index is 1.71. The number of halogens is 1. The Bertz CT molecular complexity index is 583. The average molecular weight is 275 g/mol. The number of amides is 2. The maximum absolute atomic E-state index is 12.8. The van der Waals surface area contributed by atoms with Gasteiger partial charge in [-0.25, -0.2) is 14.2 Å². The van der Waals surface area contributed by atoms with Crippen molar-refractivity contribution in [2.24, 2.45) is 0 Å². The minimum Gasteiger partial charge on any atom is -0.467 e. The van der Waals surface area contributed by atoms with Crippen LogP contribution < -0.4 is 5.32 Å². The number of hydrogen-bond donors (Lipinski definition) is 1. The van der Waals surface area contributed by atoms with Crippen molar-refractivity contribution in [1.29, 1.82) is 0 Å². The highest BCUT2D eigenvalue weighted by atomic mass is 19.1. The summed E-state index contributed by atoms with van der Waals surface area (Å²) in [5.74, 6) is 0.684. The smallest absolute Gasteiger partial charge is 0.323 e. The fraction of sp³-hybridized carbons (Fsp3) is 0.286. The van der Waals surface area contributed by atoms with E-state index in [2.05, 4.69) is 10.3 Å². The van der Waals surface area contributed by atoms with Crippen molar-refractivity contribution in [1.82, 2.24) is 9.88 Å². The van der Waals surface area contributed by atoms with Crippen LogP contribution in [0.15, 0.2) is 41.1 Å². The molecule has 1 fully saturated rings. The van der Waals surface area contributed by atoms with Gasteiger partial charge in [-0.3, -0.25) is 5.32 Å². The van der Waals surface area contributed by atoms with Gasteiger partial charge >= 0.3 is 6.03 Å². The van der Waals surface area contributed by atoms with Crippen LogP contribution in [0.1, 0.15) is 24.6 Å². The molecule has 20 heavy (non-hydrogen) atoms. The van der Waals surface area contributed by atoms with Crippen molar-refractivity contribution >= 4 is 11.8 Å². The molecule has 1 N–H and O–H groups in total. The van der Waals surface area contributed by atoms with Crippen LogP contribution in [0.4, 0.5) is 15.0 Å². The van der Waals surface area contributed by atoms with Gasteiger partial charge in [0.2, 0.25) is 0 Å². The molecule has 3 heterocycles. The second-order valence-electron chi connectivity index (χ2n) is 4.66. The molecule has 1 aliphatic rings. The number of nitrogens with zero attached hydrogens (tertiary/aromatic N) is 2. The van der Waals surface area contributed by atoms with Crippen molar-refractivity contribution in [3.8, 4) is 0 Å². The highest BCUT2D eigenvalue weighted by Crippen LogP contribution is 2.32. The van der Waals surface area contributed by atoms with E-state index in [9.17, 15) is 9.18 Å². The molecule has 1 aliphatic heterocycles. The maximum atomic E-state index is 12.8. The van der Waals surface area contributed by atoms with Crippen LogP contribution in [0.25, 0.3) is 0 Å². The highest BCUT2D eigenvalue weighted by Gasteiger charge is 2.31. The zero-order valence-electron chi connectivity index (χ0n) is 10.8. The zero-order chi connectivity index (χ0) is 13.9. The summed E-state index contributed by atoms with van der Waals surface area (Å²) >= 11 is 0. The summed E-state index contributed by atoms with van der Waals surface area (Å²) in [7, 11) is 0. The topological polar surface area (TPSA) is 58.4 Å². The van der Waals surface area contributed by atoms with Crippen molar-refractivity contribution in [3.05, 3.63) is 48.3 Å². The molecule has 0 unspecified atom stereocenters. The summed E-state index contributed by atoms with van der Waals surface area (Å²) in [6, 6.07) is 6.08. The fourth-order valence-corrected chi connectivity index (χ4v) is 2.42. The summed E-state index contributed by atoms with van der Waals surface area (Å²) < 4.78 is 18.2. The third-order valence-electron chi connectivity index (χ3n) is 3.35. The van der Waals surface area contributed by atoms with Crippen molar-refractivity contribution in [2.75, 3.05) is 11.9 Å². The first-order valence-electron chi connectivity index (χ1n) is 6.46. The standard InChI is InChI=1S/C14H14FN3O2/c15-10-5-6-13(16-9-10)17-14(19)18-7-1-3-11(18)12-4-2-8-20-12/h2,4-6,8-9,11H,1,3,7H2,(H,16,17,19)/t11-/m0/s1. The van der Waals surface area contributed by atoms with Crippen molar-refractivity contribution < 1.29 is 13.6 Å². The fourth-order valence-electron chi connectivity index (χ4n) is 2.42. The Morgan fingerprint density at radius 1 is 1.45 bits per heavy atom. The van der Waals surface area contributed by atoms with Crippen LogP contribution in [0.2, 0.25) is 0 Å². The van der Waals surface area contributed by atoms with Gasteiger partial charge < -0.3 is 9.32 Å². The number of furan rings is 1. The lowest BCUT2D eigenvalue weighted by molar-refractivity contribution is 0.200. The number of nitrogens with one attached hydrogen (secondary N) is 1. The van der Waals surface area contributed by atoms with Gasteiger partial charge in [0.25, 0.3) is 0 Å². The predicted octanol–water partition coefficient (Wildman–Crippen LogP) is 3.18. The molecule has 6 heteroatoms.